The first-order chi connectivity index (χ1) is 21.0. The Morgan fingerprint density at radius 1 is 0.932 bits per heavy atom. The van der Waals surface area contributed by atoms with Gasteiger partial charge in [-0.1, -0.05) is 52.4 Å². The number of nitrogens with zero attached hydrogens (tertiary/aromatic N) is 7. The lowest BCUT2D eigenvalue weighted by atomic mass is 10.1. The van der Waals surface area contributed by atoms with E-state index in [1.165, 1.54) is 60.5 Å². The number of hydrogen-bond donors (Lipinski definition) is 3. The number of thiocarbonyl (C=S) groups is 1. The van der Waals surface area contributed by atoms with Gasteiger partial charge in [0.15, 0.2) is 5.78 Å². The van der Waals surface area contributed by atoms with Crippen LogP contribution in [0.2, 0.25) is 0 Å². The highest BCUT2D eigenvalue weighted by Crippen LogP contribution is 2.31. The normalized spacial score (nSPS) is 9.93. The van der Waals surface area contributed by atoms with Crippen molar-refractivity contribution < 1.29 is 14.6 Å². The Morgan fingerprint density at radius 3 is 2.11 bits per heavy atom. The van der Waals surface area contributed by atoms with Crippen molar-refractivity contribution in [1.82, 2.24) is 24.9 Å². The molecular weight excluding hydrogens is 676 g/mol. The van der Waals surface area contributed by atoms with Gasteiger partial charge in [0, 0.05) is 53.2 Å². The summed E-state index contributed by atoms with van der Waals surface area (Å²) in [6.45, 7) is 0. The zero-order chi connectivity index (χ0) is 32.2. The number of rotatable bonds is 7. The molecule has 5 rings (SSSR count). The maximum absolute atomic E-state index is 11.1. The first kappa shape index (κ1) is 33.2. The molecule has 0 atom stereocenters. The number of aromatic nitrogens is 5. The molecule has 0 aliphatic rings. The molecule has 0 aliphatic heterocycles. The topological polar surface area (TPSA) is 246 Å². The van der Waals surface area contributed by atoms with Crippen molar-refractivity contribution in [2.75, 3.05) is 16.8 Å². The number of nitro benzene ring substituents is 2. The van der Waals surface area contributed by atoms with Crippen LogP contribution in [0.15, 0.2) is 79.0 Å². The summed E-state index contributed by atoms with van der Waals surface area (Å²) in [4.78, 5) is 51.2. The van der Waals surface area contributed by atoms with Crippen LogP contribution in [0.25, 0.3) is 21.8 Å². The van der Waals surface area contributed by atoms with Crippen LogP contribution < -0.4 is 17.2 Å². The molecule has 5 aromatic rings. The number of nitrogen functional groups attached to an aromatic ring is 2. The van der Waals surface area contributed by atoms with E-state index in [-0.39, 0.29) is 27.5 Å². The van der Waals surface area contributed by atoms with Crippen molar-refractivity contribution in [2.45, 2.75) is 0 Å². The van der Waals surface area contributed by atoms with Crippen LogP contribution in [-0.4, -0.2) is 50.9 Å². The monoisotopic (exact) mass is 696 g/mol. The second kappa shape index (κ2) is 15.8. The first-order valence-corrected chi connectivity index (χ1v) is 14.4. The van der Waals surface area contributed by atoms with Gasteiger partial charge in [0.1, 0.15) is 34.3 Å². The van der Waals surface area contributed by atoms with E-state index in [4.69, 9.17) is 17.2 Å². The van der Waals surface area contributed by atoms with Gasteiger partial charge in [0.2, 0.25) is 0 Å². The third kappa shape index (κ3) is 9.08. The number of anilines is 2. The number of nitrogens with two attached hydrogens (primary N) is 3. The van der Waals surface area contributed by atoms with E-state index in [1.54, 1.807) is 24.4 Å². The highest BCUT2D eigenvalue weighted by molar-refractivity contribution is 9.09. The van der Waals surface area contributed by atoms with E-state index in [9.17, 15) is 25.0 Å². The van der Waals surface area contributed by atoms with Crippen LogP contribution in [0.5, 0.6) is 0 Å². The van der Waals surface area contributed by atoms with Gasteiger partial charge >= 0.3 is 0 Å². The number of alkyl halides is 1. The number of benzene rings is 2. The summed E-state index contributed by atoms with van der Waals surface area (Å²) in [5.74, 6) is 0.510. The Balaban J connectivity index is 0.000000197. The Labute approximate surface area is 266 Å². The molecule has 3 aromatic heterocycles. The molecule has 6 N–H and O–H groups in total. The number of thiazole rings is 1. The largest absolute Gasteiger partial charge is 0.389 e. The van der Waals surface area contributed by atoms with Gasteiger partial charge in [-0.2, -0.15) is 0 Å². The quantitative estimate of drug-likeness (QED) is 0.0690. The van der Waals surface area contributed by atoms with E-state index in [2.05, 4.69) is 53.1 Å². The van der Waals surface area contributed by atoms with Crippen molar-refractivity contribution >= 4 is 73.3 Å². The number of non-ortho nitro benzene ring substituents is 2. The van der Waals surface area contributed by atoms with E-state index in [1.807, 2.05) is 5.38 Å². The zero-order valence-corrected chi connectivity index (χ0v) is 25.5. The summed E-state index contributed by atoms with van der Waals surface area (Å²) >= 11 is 9.05. The predicted molar refractivity (Wildman–Crippen MR) is 173 cm³/mol. The lowest BCUT2D eigenvalue weighted by Crippen LogP contribution is -2.13. The average molecular weight is 698 g/mol. The molecule has 0 saturated heterocycles. The van der Waals surface area contributed by atoms with Crippen molar-refractivity contribution in [3.63, 3.8) is 0 Å². The molecule has 0 spiro atoms. The van der Waals surface area contributed by atoms with Crippen LogP contribution >= 0.6 is 39.5 Å². The SMILES string of the molecule is NC(=S)c1cncnc1N.Nc1ncncc1-c1nc(-c2cccc([N+](=O)[O-])c2)cs1.O=C(CBr)c1cccc([N+](=O)[O-])c1. The Morgan fingerprint density at radius 2 is 1.55 bits per heavy atom. The Hall–Kier alpha value is -5.33. The number of nitro groups is 2. The minimum absolute atomic E-state index is 0.0320. The van der Waals surface area contributed by atoms with Crippen molar-refractivity contribution in [1.29, 1.82) is 0 Å². The van der Waals surface area contributed by atoms with Crippen LogP contribution in [0.3, 0.4) is 0 Å². The maximum Gasteiger partial charge on any atom is 0.270 e. The van der Waals surface area contributed by atoms with Gasteiger partial charge < -0.3 is 17.2 Å². The lowest BCUT2D eigenvalue weighted by molar-refractivity contribution is -0.385. The highest BCUT2D eigenvalue weighted by atomic mass is 79.9. The fraction of sp³-hybridized carbons (Fsp3) is 0.0385. The second-order valence-corrected chi connectivity index (χ2v) is 10.1. The fourth-order valence-electron chi connectivity index (χ4n) is 3.21. The Bertz CT molecular complexity index is 1820. The summed E-state index contributed by atoms with van der Waals surface area (Å²) in [7, 11) is 0. The van der Waals surface area contributed by atoms with E-state index >= 15 is 0 Å². The van der Waals surface area contributed by atoms with Crippen molar-refractivity contribution in [2.24, 2.45) is 5.73 Å². The Kier molecular flexibility index (Phi) is 11.9. The summed E-state index contributed by atoms with van der Waals surface area (Å²) in [6, 6.07) is 12.0. The van der Waals surface area contributed by atoms with E-state index in [0.29, 0.717) is 44.6 Å². The third-order valence-corrected chi connectivity index (χ3v) is 6.94. The number of carbonyl (C=O) groups excluding carboxylic acids is 1. The molecule has 0 saturated carbocycles. The highest BCUT2D eigenvalue weighted by Gasteiger charge is 2.13. The van der Waals surface area contributed by atoms with Crippen LogP contribution in [0, 0.1) is 20.2 Å². The molecule has 18 heteroatoms. The van der Waals surface area contributed by atoms with Crippen LogP contribution in [0.1, 0.15) is 15.9 Å². The van der Waals surface area contributed by atoms with Crippen molar-refractivity contribution in [3.05, 3.63) is 110 Å². The molecule has 0 bridgehead atoms. The van der Waals surface area contributed by atoms with E-state index < -0.39 is 9.85 Å². The molecule has 0 fully saturated rings. The maximum atomic E-state index is 11.1. The molecule has 224 valence electrons. The summed E-state index contributed by atoms with van der Waals surface area (Å²) in [5.41, 5.74) is 19.3. The van der Waals surface area contributed by atoms with Gasteiger partial charge in [-0.15, -0.1) is 11.3 Å². The number of hydrogen-bond acceptors (Lipinski definition) is 14. The number of ketones is 1. The van der Waals surface area contributed by atoms with Crippen LogP contribution in [0.4, 0.5) is 23.0 Å². The average Bonchev–Trinajstić information content (AvgIpc) is 3.52. The van der Waals surface area contributed by atoms with Gasteiger partial charge in [-0.3, -0.25) is 25.0 Å². The standard InChI is InChI=1S/C13H9N5O2S.C8H6BrNO3.C5H6N4S/c14-12-10(5-15-7-16-12)13-17-11(6-21-13)8-2-1-3-9(4-8)18(19)20;9-5-8(11)6-2-1-3-7(4-6)10(12)13;6-4-3(5(7)10)1-8-2-9-4/h1-7H,(H2,14,15,16);1-4H,5H2;1-2H,(H2,7,10)(H2,6,8,9). The summed E-state index contributed by atoms with van der Waals surface area (Å²) in [6.07, 6.45) is 5.80. The third-order valence-electron chi connectivity index (χ3n) is 5.34. The molecule has 15 nitrogen and oxygen atoms in total. The van der Waals surface area contributed by atoms with Gasteiger partial charge in [0.05, 0.1) is 32.0 Å². The fourth-order valence-corrected chi connectivity index (χ4v) is 4.54. The minimum Gasteiger partial charge on any atom is -0.389 e. The molecule has 0 aliphatic carbocycles. The zero-order valence-electron chi connectivity index (χ0n) is 22.3. The second-order valence-electron chi connectivity index (χ2n) is 8.22. The molecule has 2 aromatic carbocycles. The number of carbonyl (C=O) groups is 1. The van der Waals surface area contributed by atoms with Gasteiger partial charge in [-0.05, 0) is 0 Å². The smallest absolute Gasteiger partial charge is 0.270 e. The molecule has 0 radical (unpaired) electrons. The van der Waals surface area contributed by atoms with Crippen LogP contribution in [-0.2, 0) is 0 Å². The van der Waals surface area contributed by atoms with Gasteiger partial charge in [0.25, 0.3) is 11.4 Å². The molecule has 0 amide bonds. The predicted octanol–water partition coefficient (Wildman–Crippen LogP) is 4.62. The lowest BCUT2D eigenvalue weighted by Gasteiger charge is -1.99. The first-order valence-electron chi connectivity index (χ1n) is 12.0. The number of halogens is 1. The molecule has 3 heterocycles. The molecule has 44 heavy (non-hydrogen) atoms. The van der Waals surface area contributed by atoms with E-state index in [0.717, 1.165) is 0 Å². The molecular formula is C26H21BrN10O5S2. The number of Topliss-reactive ketones (excluding diaryl/α,β-unsaturated/α-hetero) is 1. The molecule has 0 unspecified atom stereocenters. The minimum atomic E-state index is -0.523. The summed E-state index contributed by atoms with van der Waals surface area (Å²) in [5, 5.41) is 23.8. The summed E-state index contributed by atoms with van der Waals surface area (Å²) < 4.78 is 0. The van der Waals surface area contributed by atoms with Crippen molar-refractivity contribution in [3.8, 4) is 21.8 Å². The van der Waals surface area contributed by atoms with Gasteiger partial charge in [-0.25, -0.2) is 24.9 Å².